The van der Waals surface area contributed by atoms with Crippen LogP contribution >= 0.6 is 11.3 Å². The fourth-order valence-electron chi connectivity index (χ4n) is 3.27. The quantitative estimate of drug-likeness (QED) is 0.414. The van der Waals surface area contributed by atoms with E-state index in [0.717, 1.165) is 45.0 Å². The number of aromatic nitrogens is 2. The number of aromatic carboxylic acids is 1. The highest BCUT2D eigenvalue weighted by Crippen LogP contribution is 2.40. The third kappa shape index (κ3) is 3.71. The molecule has 30 heavy (non-hydrogen) atoms. The molecule has 0 spiro atoms. The second-order valence-electron chi connectivity index (χ2n) is 7.06. The summed E-state index contributed by atoms with van der Waals surface area (Å²) in [6.07, 6.45) is 0. The molecule has 7 heteroatoms. The van der Waals surface area contributed by atoms with E-state index in [1.807, 2.05) is 63.2 Å². The number of carboxylic acid groups (broad SMARTS) is 1. The minimum atomic E-state index is -0.971. The van der Waals surface area contributed by atoms with E-state index < -0.39 is 5.97 Å². The molecule has 2 aromatic heterocycles. The summed E-state index contributed by atoms with van der Waals surface area (Å²) in [6, 6.07) is 13.5. The van der Waals surface area contributed by atoms with Crippen LogP contribution in [-0.4, -0.2) is 21.2 Å². The van der Waals surface area contributed by atoms with Gasteiger partial charge in [0.15, 0.2) is 0 Å². The summed E-state index contributed by atoms with van der Waals surface area (Å²) in [5.74, 6) is 1.09. The van der Waals surface area contributed by atoms with Gasteiger partial charge in [0.05, 0.1) is 17.0 Å². The zero-order valence-corrected chi connectivity index (χ0v) is 17.8. The Balaban J connectivity index is 1.84. The van der Waals surface area contributed by atoms with Crippen LogP contribution in [0.2, 0.25) is 0 Å². The van der Waals surface area contributed by atoms with E-state index in [1.165, 1.54) is 0 Å². The Hall–Kier alpha value is -3.45. The number of benzene rings is 2. The molecule has 4 rings (SSSR count). The Kier molecular flexibility index (Phi) is 5.13. The van der Waals surface area contributed by atoms with Crippen molar-refractivity contribution < 1.29 is 19.2 Å². The van der Waals surface area contributed by atoms with Crippen molar-refractivity contribution in [3.8, 4) is 33.2 Å². The largest absolute Gasteiger partial charge is 0.477 e. The van der Waals surface area contributed by atoms with Gasteiger partial charge in [0.2, 0.25) is 0 Å². The highest BCUT2D eigenvalue weighted by molar-refractivity contribution is 7.17. The maximum absolute atomic E-state index is 11.4. The van der Waals surface area contributed by atoms with Gasteiger partial charge in [0, 0.05) is 11.1 Å². The molecule has 6 nitrogen and oxygen atoms in total. The van der Waals surface area contributed by atoms with Crippen molar-refractivity contribution in [2.75, 3.05) is 0 Å². The lowest BCUT2D eigenvalue weighted by Crippen LogP contribution is -1.94. The van der Waals surface area contributed by atoms with E-state index in [4.69, 9.17) is 9.26 Å². The molecule has 2 heterocycles. The first kappa shape index (κ1) is 19.8. The zero-order chi connectivity index (χ0) is 21.4. The molecule has 152 valence electrons. The molecule has 0 bridgehead atoms. The van der Waals surface area contributed by atoms with Gasteiger partial charge in [-0.1, -0.05) is 22.9 Å². The van der Waals surface area contributed by atoms with Crippen LogP contribution in [0, 0.1) is 27.7 Å². The van der Waals surface area contributed by atoms with E-state index in [1.54, 1.807) is 6.92 Å². The highest BCUT2D eigenvalue weighted by Gasteiger charge is 2.20. The van der Waals surface area contributed by atoms with Crippen molar-refractivity contribution in [3.05, 3.63) is 70.1 Å². The van der Waals surface area contributed by atoms with E-state index in [-0.39, 0.29) is 4.88 Å². The Bertz CT molecular complexity index is 1220. The minimum Gasteiger partial charge on any atom is -0.477 e. The van der Waals surface area contributed by atoms with E-state index in [0.29, 0.717) is 22.2 Å². The normalized spacial score (nSPS) is 10.9. The van der Waals surface area contributed by atoms with Gasteiger partial charge in [-0.2, -0.15) is 0 Å². The van der Waals surface area contributed by atoms with Gasteiger partial charge < -0.3 is 14.4 Å². The van der Waals surface area contributed by atoms with Gasteiger partial charge in [-0.25, -0.2) is 9.78 Å². The molecule has 0 fully saturated rings. The van der Waals surface area contributed by atoms with Crippen molar-refractivity contribution in [3.63, 3.8) is 0 Å². The molecule has 0 unspecified atom stereocenters. The molecule has 0 atom stereocenters. The van der Waals surface area contributed by atoms with Crippen LogP contribution in [0.5, 0.6) is 11.5 Å². The lowest BCUT2D eigenvalue weighted by atomic mass is 10.0. The molecule has 0 radical (unpaired) electrons. The number of hydrogen-bond donors (Lipinski definition) is 1. The summed E-state index contributed by atoms with van der Waals surface area (Å²) in [7, 11) is 0. The summed E-state index contributed by atoms with van der Waals surface area (Å²) >= 11 is 1.16. The van der Waals surface area contributed by atoms with Crippen LogP contribution in [0.15, 0.2) is 47.0 Å². The maximum atomic E-state index is 11.4. The summed E-state index contributed by atoms with van der Waals surface area (Å²) < 4.78 is 11.6. The van der Waals surface area contributed by atoms with Crippen LogP contribution in [0.1, 0.15) is 32.4 Å². The highest BCUT2D eigenvalue weighted by atomic mass is 32.1. The van der Waals surface area contributed by atoms with Gasteiger partial charge in [0.1, 0.15) is 27.1 Å². The number of hydrogen-bond acceptors (Lipinski definition) is 6. The molecule has 4 aromatic rings. The lowest BCUT2D eigenvalue weighted by molar-refractivity contribution is 0.0701. The van der Waals surface area contributed by atoms with E-state index in [9.17, 15) is 9.90 Å². The van der Waals surface area contributed by atoms with E-state index >= 15 is 0 Å². The molecular formula is C23H20N2O4S. The molecule has 0 saturated heterocycles. The second-order valence-corrected chi connectivity index (χ2v) is 8.06. The minimum absolute atomic E-state index is 0.240. The number of rotatable bonds is 5. The van der Waals surface area contributed by atoms with E-state index in [2.05, 4.69) is 10.1 Å². The molecule has 0 saturated carbocycles. The number of nitrogens with zero attached hydrogens (tertiary/aromatic N) is 2. The summed E-state index contributed by atoms with van der Waals surface area (Å²) in [5, 5.41) is 14.1. The first-order valence-corrected chi connectivity index (χ1v) is 10.2. The molecule has 2 aromatic carbocycles. The first-order chi connectivity index (χ1) is 14.3. The van der Waals surface area contributed by atoms with Crippen LogP contribution in [0.3, 0.4) is 0 Å². The van der Waals surface area contributed by atoms with Gasteiger partial charge in [-0.05, 0) is 58.0 Å². The number of ether oxygens (including phenoxy) is 1. The number of thiazole rings is 1. The van der Waals surface area contributed by atoms with Crippen molar-refractivity contribution in [1.82, 2.24) is 10.1 Å². The summed E-state index contributed by atoms with van der Waals surface area (Å²) in [6.45, 7) is 7.46. The van der Waals surface area contributed by atoms with Crippen molar-refractivity contribution in [2.24, 2.45) is 0 Å². The number of aryl methyl sites for hydroxylation is 4. The van der Waals surface area contributed by atoms with Crippen LogP contribution in [0.4, 0.5) is 0 Å². The molecule has 0 aliphatic carbocycles. The average Bonchev–Trinajstić information content (AvgIpc) is 3.26. The van der Waals surface area contributed by atoms with Crippen LogP contribution in [-0.2, 0) is 0 Å². The smallest absolute Gasteiger partial charge is 0.347 e. The molecular weight excluding hydrogens is 400 g/mol. The Morgan fingerprint density at radius 3 is 2.37 bits per heavy atom. The van der Waals surface area contributed by atoms with Crippen molar-refractivity contribution >= 4 is 17.3 Å². The van der Waals surface area contributed by atoms with Crippen molar-refractivity contribution in [2.45, 2.75) is 27.7 Å². The Morgan fingerprint density at radius 1 is 1.03 bits per heavy atom. The maximum Gasteiger partial charge on any atom is 0.347 e. The summed E-state index contributed by atoms with van der Waals surface area (Å²) in [5.41, 5.74) is 4.87. The standard InChI is InChI=1S/C23H20N2O4S/c1-12-5-8-17(9-6-12)28-19-10-7-16(22-24-14(3)21(30-22)23(26)27)11-18(19)20-13(2)25-29-15(20)4/h5-11H,1-4H3,(H,26,27). The van der Waals surface area contributed by atoms with Crippen LogP contribution < -0.4 is 4.74 Å². The fraction of sp³-hybridized carbons (Fsp3) is 0.174. The predicted octanol–water partition coefficient (Wildman–Crippen LogP) is 6.19. The average molecular weight is 420 g/mol. The fourth-order valence-corrected chi connectivity index (χ4v) is 4.17. The third-order valence-electron chi connectivity index (χ3n) is 4.77. The topological polar surface area (TPSA) is 85.5 Å². The van der Waals surface area contributed by atoms with Gasteiger partial charge in [0.25, 0.3) is 0 Å². The number of carbonyl (C=O) groups is 1. The van der Waals surface area contributed by atoms with Gasteiger partial charge in [-0.3, -0.25) is 0 Å². The predicted molar refractivity (Wildman–Crippen MR) is 115 cm³/mol. The third-order valence-corrected chi connectivity index (χ3v) is 5.96. The molecule has 0 amide bonds. The van der Waals surface area contributed by atoms with Gasteiger partial charge >= 0.3 is 5.97 Å². The van der Waals surface area contributed by atoms with Crippen LogP contribution in [0.25, 0.3) is 21.7 Å². The second kappa shape index (κ2) is 7.76. The monoisotopic (exact) mass is 420 g/mol. The molecule has 1 N–H and O–H groups in total. The van der Waals surface area contributed by atoms with Gasteiger partial charge in [-0.15, -0.1) is 11.3 Å². The molecule has 0 aliphatic heterocycles. The first-order valence-electron chi connectivity index (χ1n) is 9.36. The lowest BCUT2D eigenvalue weighted by Gasteiger charge is -2.13. The van der Waals surface area contributed by atoms with Crippen molar-refractivity contribution in [1.29, 1.82) is 0 Å². The number of carboxylic acids is 1. The zero-order valence-electron chi connectivity index (χ0n) is 17.0. The molecule has 0 aliphatic rings. The summed E-state index contributed by atoms with van der Waals surface area (Å²) in [4.78, 5) is 16.1. The Labute approximate surface area is 177 Å². The Morgan fingerprint density at radius 2 is 1.77 bits per heavy atom. The SMILES string of the molecule is Cc1ccc(Oc2ccc(-c3nc(C)c(C(=O)O)s3)cc2-c2c(C)noc2C)cc1.